The van der Waals surface area contributed by atoms with Crippen molar-refractivity contribution in [2.45, 2.75) is 18.7 Å². The van der Waals surface area contributed by atoms with Gasteiger partial charge in [0.05, 0.1) is 12.3 Å². The van der Waals surface area contributed by atoms with Gasteiger partial charge in [-0.2, -0.15) is 5.26 Å². The quantitative estimate of drug-likeness (QED) is 0.843. The van der Waals surface area contributed by atoms with Gasteiger partial charge in [-0.15, -0.1) is 11.6 Å². The number of carbonyl (C=O) groups is 1. The molecule has 0 aromatic carbocycles. The van der Waals surface area contributed by atoms with Gasteiger partial charge in [0, 0.05) is 17.3 Å². The summed E-state index contributed by atoms with van der Waals surface area (Å²) in [6.45, 7) is 0. The molecule has 0 aliphatic heterocycles. The van der Waals surface area contributed by atoms with Crippen LogP contribution in [0.4, 0.5) is 8.78 Å². The molecule has 90 valence electrons. The molecule has 0 aliphatic rings. The Labute approximate surface area is 100 Å². The third kappa shape index (κ3) is 2.88. The Morgan fingerprint density at radius 2 is 2.29 bits per heavy atom. The third-order valence-corrected chi connectivity index (χ3v) is 2.37. The number of carboxylic acid groups (broad SMARTS) is 1. The third-order valence-electron chi connectivity index (χ3n) is 2.11. The van der Waals surface area contributed by atoms with Gasteiger partial charge in [-0.1, -0.05) is 0 Å². The van der Waals surface area contributed by atoms with Crippen molar-refractivity contribution < 1.29 is 18.7 Å². The van der Waals surface area contributed by atoms with Gasteiger partial charge in [0.1, 0.15) is 11.8 Å². The minimum Gasteiger partial charge on any atom is -0.481 e. The number of aliphatic carboxylic acids is 1. The van der Waals surface area contributed by atoms with Gasteiger partial charge >= 0.3 is 5.97 Å². The molecular formula is C10H7ClF2N2O2. The van der Waals surface area contributed by atoms with E-state index in [0.717, 1.165) is 6.20 Å². The van der Waals surface area contributed by atoms with Crippen LogP contribution in [-0.4, -0.2) is 16.1 Å². The molecule has 17 heavy (non-hydrogen) atoms. The molecule has 0 fully saturated rings. The number of aromatic nitrogens is 1. The molecule has 0 spiro atoms. The maximum Gasteiger partial charge on any atom is 0.307 e. The van der Waals surface area contributed by atoms with Gasteiger partial charge in [0.15, 0.2) is 0 Å². The number of halogens is 3. The fraction of sp³-hybridized carbons (Fsp3) is 0.300. The molecule has 7 heteroatoms. The molecule has 1 heterocycles. The molecule has 0 saturated heterocycles. The van der Waals surface area contributed by atoms with Crippen molar-refractivity contribution >= 4 is 17.6 Å². The second-order valence-electron chi connectivity index (χ2n) is 3.14. The van der Waals surface area contributed by atoms with Crippen molar-refractivity contribution in [3.8, 4) is 6.07 Å². The molecule has 4 nitrogen and oxygen atoms in total. The van der Waals surface area contributed by atoms with Crippen LogP contribution in [0.3, 0.4) is 0 Å². The molecule has 1 rings (SSSR count). The summed E-state index contributed by atoms with van der Waals surface area (Å²) < 4.78 is 25.7. The first-order valence-corrected chi connectivity index (χ1v) is 5.01. The SMILES string of the molecule is N#Cc1ncc(CC(=O)O)c(C(F)F)c1CCl. The minimum absolute atomic E-state index is 0.108. The Bertz CT molecular complexity index is 486. The summed E-state index contributed by atoms with van der Waals surface area (Å²) in [5.74, 6) is -1.57. The average Bonchev–Trinajstić information content (AvgIpc) is 2.26. The first kappa shape index (κ1) is 13.3. The number of rotatable bonds is 4. The lowest BCUT2D eigenvalue weighted by Gasteiger charge is -2.12. The lowest BCUT2D eigenvalue weighted by Crippen LogP contribution is -2.09. The highest BCUT2D eigenvalue weighted by atomic mass is 35.5. The van der Waals surface area contributed by atoms with E-state index < -0.39 is 24.4 Å². The van der Waals surface area contributed by atoms with Crippen LogP contribution >= 0.6 is 11.6 Å². The van der Waals surface area contributed by atoms with E-state index in [1.54, 1.807) is 6.07 Å². The largest absolute Gasteiger partial charge is 0.481 e. The van der Waals surface area contributed by atoms with E-state index >= 15 is 0 Å². The van der Waals surface area contributed by atoms with E-state index in [-0.39, 0.29) is 22.7 Å². The van der Waals surface area contributed by atoms with Crippen LogP contribution in [-0.2, 0) is 17.1 Å². The van der Waals surface area contributed by atoms with Gasteiger partial charge in [0.25, 0.3) is 6.43 Å². The van der Waals surface area contributed by atoms with Crippen molar-refractivity contribution in [1.82, 2.24) is 4.98 Å². The highest BCUT2D eigenvalue weighted by molar-refractivity contribution is 6.17. The van der Waals surface area contributed by atoms with Crippen LogP contribution in [0.1, 0.15) is 28.8 Å². The molecule has 0 radical (unpaired) electrons. The van der Waals surface area contributed by atoms with E-state index in [0.29, 0.717) is 0 Å². The van der Waals surface area contributed by atoms with Crippen LogP contribution in [0.25, 0.3) is 0 Å². The number of alkyl halides is 3. The molecule has 0 aliphatic carbocycles. The van der Waals surface area contributed by atoms with Crippen LogP contribution in [0.5, 0.6) is 0 Å². The number of nitriles is 1. The number of nitrogens with zero attached hydrogens (tertiary/aromatic N) is 2. The second-order valence-corrected chi connectivity index (χ2v) is 3.41. The second kappa shape index (κ2) is 5.55. The van der Waals surface area contributed by atoms with E-state index in [1.165, 1.54) is 0 Å². The Balaban J connectivity index is 3.43. The molecule has 0 atom stereocenters. The monoisotopic (exact) mass is 260 g/mol. The van der Waals surface area contributed by atoms with Crippen LogP contribution < -0.4 is 0 Å². The Morgan fingerprint density at radius 3 is 2.71 bits per heavy atom. The lowest BCUT2D eigenvalue weighted by molar-refractivity contribution is -0.136. The van der Waals surface area contributed by atoms with Gasteiger partial charge in [0.2, 0.25) is 0 Å². The Kier molecular flexibility index (Phi) is 4.35. The maximum absolute atomic E-state index is 12.9. The predicted molar refractivity (Wildman–Crippen MR) is 54.8 cm³/mol. The van der Waals surface area contributed by atoms with Crippen molar-refractivity contribution in [1.29, 1.82) is 5.26 Å². The number of hydrogen-bond donors (Lipinski definition) is 1. The first-order chi connectivity index (χ1) is 8.01. The summed E-state index contributed by atoms with van der Waals surface area (Å²) in [4.78, 5) is 14.1. The standard InChI is InChI=1S/C10H7ClF2N2O2/c11-2-6-7(3-14)15-4-5(1-8(16)17)9(6)10(12)13/h4,10H,1-2H2,(H,16,17). The van der Waals surface area contributed by atoms with Gasteiger partial charge in [-0.3, -0.25) is 4.79 Å². The lowest BCUT2D eigenvalue weighted by atomic mass is 10.0. The fourth-order valence-corrected chi connectivity index (χ4v) is 1.69. The highest BCUT2D eigenvalue weighted by Crippen LogP contribution is 2.29. The fourth-order valence-electron chi connectivity index (χ4n) is 1.42. The average molecular weight is 261 g/mol. The number of hydrogen-bond acceptors (Lipinski definition) is 3. The molecule has 1 N–H and O–H groups in total. The summed E-state index contributed by atoms with van der Waals surface area (Å²) in [5.41, 5.74) is -0.941. The zero-order valence-electron chi connectivity index (χ0n) is 8.45. The molecular weight excluding hydrogens is 254 g/mol. The van der Waals surface area contributed by atoms with Crippen molar-refractivity contribution in [2.75, 3.05) is 0 Å². The number of carboxylic acids is 1. The van der Waals surface area contributed by atoms with Gasteiger partial charge < -0.3 is 5.11 Å². The zero-order valence-corrected chi connectivity index (χ0v) is 9.21. The first-order valence-electron chi connectivity index (χ1n) is 4.47. The van der Waals surface area contributed by atoms with Crippen LogP contribution in [0.2, 0.25) is 0 Å². The molecule has 0 unspecified atom stereocenters. The molecule has 0 amide bonds. The Hall–Kier alpha value is -1.74. The predicted octanol–water partition coefficient (Wildman–Crippen LogP) is 2.26. The Morgan fingerprint density at radius 1 is 1.65 bits per heavy atom. The van der Waals surface area contributed by atoms with Gasteiger partial charge in [-0.25, -0.2) is 13.8 Å². The molecule has 0 saturated carbocycles. The van der Waals surface area contributed by atoms with Crippen molar-refractivity contribution in [3.05, 3.63) is 28.6 Å². The summed E-state index contributed by atoms with van der Waals surface area (Å²) in [6, 6.07) is 1.65. The summed E-state index contributed by atoms with van der Waals surface area (Å²) >= 11 is 5.50. The minimum atomic E-state index is -2.90. The molecule has 0 bridgehead atoms. The van der Waals surface area contributed by atoms with Crippen molar-refractivity contribution in [3.63, 3.8) is 0 Å². The van der Waals surface area contributed by atoms with E-state index in [9.17, 15) is 13.6 Å². The normalized spacial score (nSPS) is 10.3. The topological polar surface area (TPSA) is 74.0 Å². The van der Waals surface area contributed by atoms with E-state index in [1.807, 2.05) is 0 Å². The van der Waals surface area contributed by atoms with E-state index in [4.69, 9.17) is 22.0 Å². The van der Waals surface area contributed by atoms with Crippen molar-refractivity contribution in [2.24, 2.45) is 0 Å². The summed E-state index contributed by atoms with van der Waals surface area (Å²) in [6.07, 6.45) is -2.50. The highest BCUT2D eigenvalue weighted by Gasteiger charge is 2.22. The smallest absolute Gasteiger partial charge is 0.307 e. The molecule has 1 aromatic rings. The van der Waals surface area contributed by atoms with Gasteiger partial charge in [-0.05, 0) is 5.56 Å². The zero-order chi connectivity index (χ0) is 13.0. The number of pyridine rings is 1. The summed E-state index contributed by atoms with van der Waals surface area (Å²) in [5, 5.41) is 17.3. The van der Waals surface area contributed by atoms with Crippen LogP contribution in [0, 0.1) is 11.3 Å². The maximum atomic E-state index is 12.9. The van der Waals surface area contributed by atoms with Crippen LogP contribution in [0.15, 0.2) is 6.20 Å². The van der Waals surface area contributed by atoms with E-state index in [2.05, 4.69) is 4.98 Å². The molecule has 1 aromatic heterocycles. The summed E-state index contributed by atoms with van der Waals surface area (Å²) in [7, 11) is 0.